The zero-order valence-corrected chi connectivity index (χ0v) is 21.0. The molecule has 0 spiro atoms. The Morgan fingerprint density at radius 2 is 1.65 bits per heavy atom. The average molecular weight is 500 g/mol. The molecular formula is C29H33N5O3. The number of hydrazine groups is 1. The summed E-state index contributed by atoms with van der Waals surface area (Å²) in [6, 6.07) is 18.0. The van der Waals surface area contributed by atoms with Crippen molar-refractivity contribution in [3.63, 3.8) is 0 Å². The van der Waals surface area contributed by atoms with Gasteiger partial charge >= 0.3 is 6.03 Å². The van der Waals surface area contributed by atoms with Crippen molar-refractivity contribution >= 4 is 17.8 Å². The van der Waals surface area contributed by atoms with Crippen LogP contribution in [0.2, 0.25) is 0 Å². The van der Waals surface area contributed by atoms with Crippen LogP contribution in [0.3, 0.4) is 0 Å². The molecule has 0 unspecified atom stereocenters. The van der Waals surface area contributed by atoms with Gasteiger partial charge in [-0.25, -0.2) is 9.80 Å². The van der Waals surface area contributed by atoms with E-state index in [1.54, 1.807) is 14.9 Å². The lowest BCUT2D eigenvalue weighted by molar-refractivity contribution is -0.192. The van der Waals surface area contributed by atoms with Gasteiger partial charge in [0.15, 0.2) is 0 Å². The summed E-state index contributed by atoms with van der Waals surface area (Å²) in [6.07, 6.45) is 10.2. The van der Waals surface area contributed by atoms with Gasteiger partial charge in [-0.3, -0.25) is 9.59 Å². The number of piperazine rings is 1. The number of urea groups is 1. The third-order valence-electron chi connectivity index (χ3n) is 7.57. The smallest absolute Gasteiger partial charge is 0.334 e. The second-order valence-electron chi connectivity index (χ2n) is 9.89. The van der Waals surface area contributed by atoms with Crippen molar-refractivity contribution in [2.24, 2.45) is 0 Å². The van der Waals surface area contributed by atoms with Crippen LogP contribution in [0.15, 0.2) is 60.7 Å². The summed E-state index contributed by atoms with van der Waals surface area (Å²) in [5.74, 6) is 2.31. The lowest BCUT2D eigenvalue weighted by Gasteiger charge is -2.56. The molecule has 0 bridgehead atoms. The number of carbonyl (C=O) groups is 3. The van der Waals surface area contributed by atoms with Gasteiger partial charge in [0, 0.05) is 12.6 Å². The molecule has 4 amide bonds. The molecule has 2 heterocycles. The van der Waals surface area contributed by atoms with Gasteiger partial charge in [-0.2, -0.15) is 5.01 Å². The van der Waals surface area contributed by atoms with Crippen LogP contribution in [0.25, 0.3) is 0 Å². The number of terminal acetylenes is 1. The molecule has 2 aliphatic heterocycles. The molecule has 2 atom stereocenters. The summed E-state index contributed by atoms with van der Waals surface area (Å²) >= 11 is 0. The number of rotatable bonds is 5. The molecule has 1 aliphatic carbocycles. The Hall–Kier alpha value is -3.83. The summed E-state index contributed by atoms with van der Waals surface area (Å²) in [5.41, 5.74) is 1.72. The van der Waals surface area contributed by atoms with E-state index in [2.05, 4.69) is 11.2 Å². The molecule has 2 saturated heterocycles. The predicted molar refractivity (Wildman–Crippen MR) is 139 cm³/mol. The molecule has 2 aromatic rings. The molecule has 8 heteroatoms. The Morgan fingerprint density at radius 3 is 2.32 bits per heavy atom. The lowest BCUT2D eigenvalue weighted by Crippen LogP contribution is -2.75. The number of nitrogens with zero attached hydrogens (tertiary/aromatic N) is 4. The topological polar surface area (TPSA) is 76.2 Å². The molecule has 1 saturated carbocycles. The molecule has 3 aliphatic rings. The van der Waals surface area contributed by atoms with E-state index in [4.69, 9.17) is 6.42 Å². The maximum absolute atomic E-state index is 14.0. The number of hydrogen-bond donors (Lipinski definition) is 1. The summed E-state index contributed by atoms with van der Waals surface area (Å²) in [6.45, 7) is 0.647. The summed E-state index contributed by atoms with van der Waals surface area (Å²) in [5, 5.41) is 6.20. The van der Waals surface area contributed by atoms with Crippen LogP contribution in [0.5, 0.6) is 0 Å². The van der Waals surface area contributed by atoms with E-state index in [0.717, 1.165) is 36.8 Å². The van der Waals surface area contributed by atoms with Crippen LogP contribution in [0, 0.1) is 12.3 Å². The van der Waals surface area contributed by atoms with Crippen LogP contribution in [0.4, 0.5) is 4.79 Å². The first-order valence-corrected chi connectivity index (χ1v) is 13.0. The fourth-order valence-corrected chi connectivity index (χ4v) is 5.83. The summed E-state index contributed by atoms with van der Waals surface area (Å²) < 4.78 is 0. The van der Waals surface area contributed by atoms with Crippen LogP contribution >= 0.6 is 0 Å². The molecule has 0 aromatic heterocycles. The van der Waals surface area contributed by atoms with Gasteiger partial charge in [-0.1, -0.05) is 85.8 Å². The van der Waals surface area contributed by atoms with Crippen molar-refractivity contribution in [2.75, 3.05) is 19.6 Å². The molecule has 0 radical (unpaired) electrons. The molecule has 2 aromatic carbocycles. The first kappa shape index (κ1) is 24.8. The highest BCUT2D eigenvalue weighted by atomic mass is 16.2. The highest BCUT2D eigenvalue weighted by molar-refractivity contribution is 5.92. The Morgan fingerprint density at radius 1 is 0.973 bits per heavy atom. The van der Waals surface area contributed by atoms with E-state index in [-0.39, 0.29) is 43.5 Å². The SMILES string of the molecule is C#CCN1CC(=O)N2[C@@H](c3ccccc3)C(=O)N(C3CCCCC3)C[C@@H]2N1C(=O)NCc1ccccc1. The Kier molecular flexibility index (Phi) is 7.42. The van der Waals surface area contributed by atoms with E-state index in [9.17, 15) is 14.4 Å². The first-order valence-electron chi connectivity index (χ1n) is 13.0. The number of hydrogen-bond acceptors (Lipinski definition) is 4. The minimum Gasteiger partial charge on any atom is -0.334 e. The quantitative estimate of drug-likeness (QED) is 0.642. The number of amides is 4. The average Bonchev–Trinajstić information content (AvgIpc) is 2.93. The van der Waals surface area contributed by atoms with Crippen molar-refractivity contribution in [1.82, 2.24) is 25.1 Å². The maximum Gasteiger partial charge on any atom is 0.334 e. The minimum atomic E-state index is -0.785. The standard InChI is InChI=1S/C29H33N5O3/c1-2-18-31-21-26(35)33-25(34(31)29(37)30-19-22-12-6-3-7-13-22)20-32(24-16-10-5-11-17-24)28(36)27(33)23-14-8-4-9-15-23/h1,3-4,6-9,12-15,24-25,27H,5,10-11,16-21H2,(H,30,37)/t25-,27-/m0/s1. The number of nitrogens with one attached hydrogen (secondary N) is 1. The predicted octanol–water partition coefficient (Wildman–Crippen LogP) is 3.13. The Labute approximate surface area is 218 Å². The number of carbonyl (C=O) groups excluding carboxylic acids is 3. The van der Waals surface area contributed by atoms with Gasteiger partial charge < -0.3 is 15.1 Å². The molecule has 1 N–H and O–H groups in total. The van der Waals surface area contributed by atoms with Gasteiger partial charge in [0.1, 0.15) is 12.2 Å². The minimum absolute atomic E-state index is 0.0699. The van der Waals surface area contributed by atoms with Crippen LogP contribution < -0.4 is 5.32 Å². The first-order chi connectivity index (χ1) is 18.1. The molecule has 192 valence electrons. The highest BCUT2D eigenvalue weighted by Crippen LogP contribution is 2.37. The van der Waals surface area contributed by atoms with Gasteiger partial charge in [0.25, 0.3) is 0 Å². The number of fused-ring (bicyclic) bond motifs is 1. The van der Waals surface area contributed by atoms with Gasteiger partial charge in [-0.05, 0) is 24.0 Å². The van der Waals surface area contributed by atoms with Crippen molar-refractivity contribution in [2.45, 2.75) is 56.9 Å². The summed E-state index contributed by atoms with van der Waals surface area (Å²) in [7, 11) is 0. The fraction of sp³-hybridized carbons (Fsp3) is 0.414. The Bertz CT molecular complexity index is 1160. The molecule has 5 rings (SSSR count). The summed E-state index contributed by atoms with van der Waals surface area (Å²) in [4.78, 5) is 44.8. The zero-order chi connectivity index (χ0) is 25.8. The van der Waals surface area contributed by atoms with Gasteiger partial charge in [0.05, 0.1) is 19.6 Å². The third kappa shape index (κ3) is 5.05. The molecule has 8 nitrogen and oxygen atoms in total. The Balaban J connectivity index is 1.51. The fourth-order valence-electron chi connectivity index (χ4n) is 5.83. The monoisotopic (exact) mass is 499 g/mol. The van der Waals surface area contributed by atoms with Crippen LogP contribution in [0.1, 0.15) is 49.3 Å². The molecule has 3 fully saturated rings. The number of benzene rings is 2. The third-order valence-corrected chi connectivity index (χ3v) is 7.57. The van der Waals surface area contributed by atoms with Crippen molar-refractivity contribution in [3.8, 4) is 12.3 Å². The highest BCUT2D eigenvalue weighted by Gasteiger charge is 2.52. The maximum atomic E-state index is 14.0. The van der Waals surface area contributed by atoms with E-state index < -0.39 is 12.2 Å². The van der Waals surface area contributed by atoms with Crippen molar-refractivity contribution < 1.29 is 14.4 Å². The van der Waals surface area contributed by atoms with Crippen molar-refractivity contribution in [3.05, 3.63) is 71.8 Å². The van der Waals surface area contributed by atoms with Crippen LogP contribution in [-0.4, -0.2) is 69.5 Å². The van der Waals surface area contributed by atoms with Gasteiger partial charge in [0.2, 0.25) is 11.8 Å². The van der Waals surface area contributed by atoms with E-state index >= 15 is 0 Å². The molecule has 37 heavy (non-hydrogen) atoms. The van der Waals surface area contributed by atoms with Crippen LogP contribution in [-0.2, 0) is 16.1 Å². The lowest BCUT2D eigenvalue weighted by atomic mass is 9.91. The zero-order valence-electron chi connectivity index (χ0n) is 21.0. The van der Waals surface area contributed by atoms with E-state index in [1.165, 1.54) is 6.42 Å². The largest absolute Gasteiger partial charge is 0.334 e. The van der Waals surface area contributed by atoms with Crippen molar-refractivity contribution in [1.29, 1.82) is 0 Å². The normalized spacial score (nSPS) is 22.9. The van der Waals surface area contributed by atoms with E-state index in [1.807, 2.05) is 65.6 Å². The van der Waals surface area contributed by atoms with E-state index in [0.29, 0.717) is 6.54 Å². The van der Waals surface area contributed by atoms with Gasteiger partial charge in [-0.15, -0.1) is 6.42 Å². The molecular weight excluding hydrogens is 466 g/mol. The second-order valence-corrected chi connectivity index (χ2v) is 9.89. The second kappa shape index (κ2) is 11.1.